The van der Waals surface area contributed by atoms with Gasteiger partial charge in [-0.1, -0.05) is 5.16 Å². The average molecular weight is 354 g/mol. The molecule has 0 unspecified atom stereocenters. The van der Waals surface area contributed by atoms with Crippen LogP contribution >= 0.6 is 0 Å². The molecule has 9 heteroatoms. The maximum absolute atomic E-state index is 12.9. The zero-order valence-electron chi connectivity index (χ0n) is 13.8. The topological polar surface area (TPSA) is 101 Å². The number of rotatable bonds is 5. The monoisotopic (exact) mass is 354 g/mol. The number of hydrogen-bond acceptors (Lipinski definition) is 6. The van der Waals surface area contributed by atoms with Crippen molar-refractivity contribution < 1.29 is 18.0 Å². The number of piperidine rings is 1. The van der Waals surface area contributed by atoms with E-state index < -0.39 is 10.0 Å². The third kappa shape index (κ3) is 3.11. The van der Waals surface area contributed by atoms with E-state index in [-0.39, 0.29) is 17.4 Å². The Morgan fingerprint density at radius 1 is 1.42 bits per heavy atom. The molecule has 1 saturated heterocycles. The first-order valence-electron chi connectivity index (χ1n) is 8.00. The van der Waals surface area contributed by atoms with Crippen LogP contribution in [-0.4, -0.2) is 52.5 Å². The first-order valence-corrected chi connectivity index (χ1v) is 9.44. The third-order valence-corrected chi connectivity index (χ3v) is 6.47. The summed E-state index contributed by atoms with van der Waals surface area (Å²) in [6, 6.07) is 1.90. The largest absolute Gasteiger partial charge is 0.394 e. The summed E-state index contributed by atoms with van der Waals surface area (Å²) < 4.78 is 34.1. The zero-order valence-corrected chi connectivity index (χ0v) is 14.7. The summed E-state index contributed by atoms with van der Waals surface area (Å²) in [6.45, 7) is 4.60. The number of hydrogen-bond donors (Lipinski definition) is 1. The van der Waals surface area contributed by atoms with Crippen molar-refractivity contribution in [1.82, 2.24) is 19.2 Å². The van der Waals surface area contributed by atoms with Crippen molar-refractivity contribution in [1.29, 1.82) is 0 Å². The van der Waals surface area contributed by atoms with Crippen LogP contribution in [0.25, 0.3) is 0 Å². The predicted octanol–water partition coefficient (Wildman–Crippen LogP) is 1.05. The van der Waals surface area contributed by atoms with Gasteiger partial charge in [0.15, 0.2) is 5.76 Å². The Labute approximate surface area is 141 Å². The van der Waals surface area contributed by atoms with Gasteiger partial charge < -0.3 is 9.63 Å². The lowest BCUT2D eigenvalue weighted by molar-refractivity contribution is 0.267. The summed E-state index contributed by atoms with van der Waals surface area (Å²) in [5, 5.41) is 17.2. The molecule has 1 fully saturated rings. The van der Waals surface area contributed by atoms with Crippen LogP contribution in [0.15, 0.2) is 21.7 Å². The number of sulfonamides is 1. The maximum Gasteiger partial charge on any atom is 0.248 e. The fraction of sp³-hybridized carbons (Fsp3) is 0.600. The van der Waals surface area contributed by atoms with Gasteiger partial charge in [0.05, 0.1) is 18.8 Å². The smallest absolute Gasteiger partial charge is 0.248 e. The van der Waals surface area contributed by atoms with E-state index in [1.807, 2.05) is 12.3 Å². The van der Waals surface area contributed by atoms with E-state index in [1.165, 1.54) is 4.31 Å². The van der Waals surface area contributed by atoms with Crippen molar-refractivity contribution in [3.05, 3.63) is 29.4 Å². The van der Waals surface area contributed by atoms with Crippen LogP contribution in [0.5, 0.6) is 0 Å². The summed E-state index contributed by atoms with van der Waals surface area (Å²) >= 11 is 0. The molecule has 1 N–H and O–H groups in total. The van der Waals surface area contributed by atoms with Crippen LogP contribution in [-0.2, 0) is 16.6 Å². The van der Waals surface area contributed by atoms with Gasteiger partial charge in [0.25, 0.3) is 0 Å². The van der Waals surface area contributed by atoms with Crippen molar-refractivity contribution in [2.45, 2.75) is 44.0 Å². The van der Waals surface area contributed by atoms with E-state index in [4.69, 9.17) is 9.63 Å². The molecule has 0 spiro atoms. The zero-order chi connectivity index (χ0) is 17.3. The predicted molar refractivity (Wildman–Crippen MR) is 86.0 cm³/mol. The van der Waals surface area contributed by atoms with Gasteiger partial charge in [0.1, 0.15) is 10.6 Å². The summed E-state index contributed by atoms with van der Waals surface area (Å²) in [5.41, 5.74) is 1.25. The van der Waals surface area contributed by atoms with Crippen LogP contribution in [0.3, 0.4) is 0 Å². The molecule has 0 amide bonds. The standard InChI is InChI=1S/C15H22N4O4S/c1-11-15(12(2)23-17-11)24(21,22)19-6-3-4-13(10-19)14-5-7-18(16-14)8-9-20/h5,7,13,20H,3-4,6,8-10H2,1-2H3/t13-/m1/s1. The van der Waals surface area contributed by atoms with E-state index in [0.717, 1.165) is 18.5 Å². The summed E-state index contributed by atoms with van der Waals surface area (Å²) in [5.74, 6) is 0.371. The van der Waals surface area contributed by atoms with Gasteiger partial charge in [0, 0.05) is 25.2 Å². The summed E-state index contributed by atoms with van der Waals surface area (Å²) in [4.78, 5) is 0.175. The number of aromatic nitrogens is 3. The number of aryl methyl sites for hydroxylation is 2. The van der Waals surface area contributed by atoms with Crippen LogP contribution in [0, 0.1) is 13.8 Å². The van der Waals surface area contributed by atoms with Crippen molar-refractivity contribution >= 4 is 10.0 Å². The minimum atomic E-state index is -3.62. The second kappa shape index (κ2) is 6.66. The van der Waals surface area contributed by atoms with Gasteiger partial charge in [-0.25, -0.2) is 8.42 Å². The fourth-order valence-corrected chi connectivity index (χ4v) is 5.01. The first-order chi connectivity index (χ1) is 11.4. The SMILES string of the molecule is Cc1noc(C)c1S(=O)(=O)N1CCC[C@@H](c2ccn(CCO)n2)C1. The first kappa shape index (κ1) is 17.1. The molecule has 8 nitrogen and oxygen atoms in total. The summed E-state index contributed by atoms with van der Waals surface area (Å²) in [6.07, 6.45) is 3.48. The molecule has 1 aliphatic rings. The number of aliphatic hydroxyl groups is 1. The molecule has 0 aromatic carbocycles. The van der Waals surface area contributed by atoms with Gasteiger partial charge in [-0.2, -0.15) is 9.40 Å². The lowest BCUT2D eigenvalue weighted by Gasteiger charge is -2.31. The van der Waals surface area contributed by atoms with E-state index in [9.17, 15) is 8.42 Å². The molecule has 3 rings (SSSR count). The Bertz CT molecular complexity index is 792. The average Bonchev–Trinajstić information content (AvgIpc) is 3.15. The minimum absolute atomic E-state index is 0.0261. The van der Waals surface area contributed by atoms with Crippen molar-refractivity contribution in [3.63, 3.8) is 0 Å². The second-order valence-corrected chi connectivity index (χ2v) is 7.96. The van der Waals surface area contributed by atoms with Gasteiger partial charge in [-0.15, -0.1) is 0 Å². The molecule has 1 atom stereocenters. The Morgan fingerprint density at radius 3 is 2.88 bits per heavy atom. The highest BCUT2D eigenvalue weighted by atomic mass is 32.2. The van der Waals surface area contributed by atoms with Crippen molar-refractivity contribution in [3.8, 4) is 0 Å². The fourth-order valence-electron chi connectivity index (χ4n) is 3.20. The molecule has 2 aromatic rings. The van der Waals surface area contributed by atoms with E-state index in [2.05, 4.69) is 10.3 Å². The van der Waals surface area contributed by atoms with Crippen molar-refractivity contribution in [2.75, 3.05) is 19.7 Å². The number of aliphatic hydroxyl groups excluding tert-OH is 1. The molecule has 24 heavy (non-hydrogen) atoms. The molecule has 1 aliphatic heterocycles. The molecule has 0 bridgehead atoms. The Hall–Kier alpha value is -1.71. The molecule has 0 saturated carbocycles. The van der Waals surface area contributed by atoms with Gasteiger partial charge in [-0.05, 0) is 32.8 Å². The Kier molecular flexibility index (Phi) is 4.75. The van der Waals surface area contributed by atoms with Crippen molar-refractivity contribution in [2.24, 2.45) is 0 Å². The van der Waals surface area contributed by atoms with Crippen LogP contribution < -0.4 is 0 Å². The number of nitrogens with zero attached hydrogens (tertiary/aromatic N) is 4. The normalized spacial score (nSPS) is 19.7. The van der Waals surface area contributed by atoms with Crippen LogP contribution in [0.2, 0.25) is 0 Å². The minimum Gasteiger partial charge on any atom is -0.394 e. The quantitative estimate of drug-likeness (QED) is 0.861. The lowest BCUT2D eigenvalue weighted by atomic mass is 9.96. The van der Waals surface area contributed by atoms with Crippen LogP contribution in [0.4, 0.5) is 0 Å². The molecule has 0 aliphatic carbocycles. The van der Waals surface area contributed by atoms with Gasteiger partial charge in [-0.3, -0.25) is 4.68 Å². The highest BCUT2D eigenvalue weighted by molar-refractivity contribution is 7.89. The van der Waals surface area contributed by atoms with E-state index >= 15 is 0 Å². The van der Waals surface area contributed by atoms with E-state index in [1.54, 1.807) is 18.5 Å². The molecular weight excluding hydrogens is 332 g/mol. The van der Waals surface area contributed by atoms with Gasteiger partial charge >= 0.3 is 0 Å². The van der Waals surface area contributed by atoms with Gasteiger partial charge in [0.2, 0.25) is 10.0 Å². The molecule has 3 heterocycles. The Morgan fingerprint density at radius 2 is 2.21 bits per heavy atom. The molecular formula is C15H22N4O4S. The van der Waals surface area contributed by atoms with E-state index in [0.29, 0.717) is 31.1 Å². The highest BCUT2D eigenvalue weighted by Crippen LogP contribution is 2.31. The third-order valence-electron chi connectivity index (χ3n) is 4.36. The summed E-state index contributed by atoms with van der Waals surface area (Å²) in [7, 11) is -3.62. The molecule has 0 radical (unpaired) electrons. The Balaban J connectivity index is 1.82. The maximum atomic E-state index is 12.9. The highest BCUT2D eigenvalue weighted by Gasteiger charge is 2.35. The molecule has 2 aromatic heterocycles. The van der Waals surface area contributed by atoms with Crippen LogP contribution in [0.1, 0.15) is 35.9 Å². The molecule has 132 valence electrons. The lowest BCUT2D eigenvalue weighted by Crippen LogP contribution is -2.39. The second-order valence-electron chi connectivity index (χ2n) is 6.08.